The molecule has 0 aliphatic carbocycles. The number of thiophene rings is 1. The van der Waals surface area contributed by atoms with E-state index in [4.69, 9.17) is 9.47 Å². The summed E-state index contributed by atoms with van der Waals surface area (Å²) in [6.07, 6.45) is 0. The molecule has 2 aliphatic rings. The molecule has 0 unspecified atom stereocenters. The molecule has 6 nitrogen and oxygen atoms in total. The SMILES string of the molecule is Cc1cc(C)cc(N2C(=O)C(Nc3ccc4c(c3)OCO4)=C(c3cccs3)C2=O)c1. The Balaban J connectivity index is 1.58. The molecule has 5 rings (SSSR count). The van der Waals surface area contributed by atoms with Crippen LogP contribution in [-0.2, 0) is 9.59 Å². The van der Waals surface area contributed by atoms with Gasteiger partial charge < -0.3 is 14.8 Å². The van der Waals surface area contributed by atoms with Gasteiger partial charge in [-0.2, -0.15) is 0 Å². The molecule has 0 saturated heterocycles. The minimum Gasteiger partial charge on any atom is -0.454 e. The standard InChI is InChI=1S/C23H18N2O4S/c1-13-8-14(2)10-16(9-13)25-22(26)20(19-4-3-7-30-19)21(23(25)27)24-15-5-6-17-18(11-15)29-12-28-17/h3-11,24H,12H2,1-2H3. The van der Waals surface area contributed by atoms with Crippen molar-refractivity contribution in [1.82, 2.24) is 0 Å². The van der Waals surface area contributed by atoms with Crippen molar-refractivity contribution < 1.29 is 19.1 Å². The summed E-state index contributed by atoms with van der Waals surface area (Å²) in [5.74, 6) is 0.529. The zero-order valence-corrected chi connectivity index (χ0v) is 17.2. The number of imide groups is 1. The van der Waals surface area contributed by atoms with Gasteiger partial charge in [-0.3, -0.25) is 9.59 Å². The van der Waals surface area contributed by atoms with Crippen LogP contribution < -0.4 is 19.7 Å². The Morgan fingerprint density at radius 1 is 0.933 bits per heavy atom. The molecule has 2 amide bonds. The second-order valence-electron chi connectivity index (χ2n) is 7.21. The highest BCUT2D eigenvalue weighted by molar-refractivity contribution is 7.11. The maximum absolute atomic E-state index is 13.4. The fourth-order valence-electron chi connectivity index (χ4n) is 3.73. The van der Waals surface area contributed by atoms with E-state index in [0.717, 1.165) is 16.0 Å². The number of aryl methyl sites for hydroxylation is 2. The van der Waals surface area contributed by atoms with Crippen molar-refractivity contribution in [3.8, 4) is 11.5 Å². The van der Waals surface area contributed by atoms with Crippen molar-refractivity contribution in [3.63, 3.8) is 0 Å². The largest absolute Gasteiger partial charge is 0.454 e. The first-order chi connectivity index (χ1) is 14.5. The van der Waals surface area contributed by atoms with Crippen molar-refractivity contribution in [3.05, 3.63) is 75.6 Å². The lowest BCUT2D eigenvalue weighted by Gasteiger charge is -2.17. The molecule has 2 aromatic carbocycles. The topological polar surface area (TPSA) is 67.9 Å². The number of fused-ring (bicyclic) bond motifs is 1. The van der Waals surface area contributed by atoms with Gasteiger partial charge in [0.2, 0.25) is 6.79 Å². The van der Waals surface area contributed by atoms with E-state index >= 15 is 0 Å². The van der Waals surface area contributed by atoms with Crippen LogP contribution in [0.25, 0.3) is 5.57 Å². The van der Waals surface area contributed by atoms with Crippen LogP contribution in [0.3, 0.4) is 0 Å². The molecule has 3 heterocycles. The average Bonchev–Trinajstić information content (AvgIpc) is 3.42. The number of carbonyl (C=O) groups excluding carboxylic acids is 2. The number of nitrogens with one attached hydrogen (secondary N) is 1. The van der Waals surface area contributed by atoms with Gasteiger partial charge in [0.15, 0.2) is 11.5 Å². The molecule has 7 heteroatoms. The van der Waals surface area contributed by atoms with Gasteiger partial charge >= 0.3 is 0 Å². The van der Waals surface area contributed by atoms with Crippen molar-refractivity contribution in [2.75, 3.05) is 17.0 Å². The average molecular weight is 418 g/mol. The van der Waals surface area contributed by atoms with Crippen molar-refractivity contribution in [1.29, 1.82) is 0 Å². The summed E-state index contributed by atoms with van der Waals surface area (Å²) in [4.78, 5) is 28.8. The van der Waals surface area contributed by atoms with Crippen LogP contribution in [0.5, 0.6) is 11.5 Å². The van der Waals surface area contributed by atoms with Crippen molar-refractivity contribution in [2.45, 2.75) is 13.8 Å². The van der Waals surface area contributed by atoms with Gasteiger partial charge in [0.25, 0.3) is 11.8 Å². The smallest absolute Gasteiger partial charge is 0.282 e. The Bertz CT molecular complexity index is 1190. The second-order valence-corrected chi connectivity index (χ2v) is 8.16. The summed E-state index contributed by atoms with van der Waals surface area (Å²) in [5.41, 5.74) is 3.80. The minimum atomic E-state index is -0.383. The van der Waals surface area contributed by atoms with Gasteiger partial charge in [-0.05, 0) is 60.7 Å². The second kappa shape index (κ2) is 7.03. The molecule has 3 aromatic rings. The first kappa shape index (κ1) is 18.4. The summed E-state index contributed by atoms with van der Waals surface area (Å²) in [7, 11) is 0. The van der Waals surface area contributed by atoms with E-state index in [9.17, 15) is 9.59 Å². The number of rotatable bonds is 4. The number of amides is 2. The molecular weight excluding hydrogens is 400 g/mol. The van der Waals surface area contributed by atoms with E-state index in [1.54, 1.807) is 18.2 Å². The highest BCUT2D eigenvalue weighted by atomic mass is 32.1. The van der Waals surface area contributed by atoms with Gasteiger partial charge in [-0.1, -0.05) is 12.1 Å². The summed E-state index contributed by atoms with van der Waals surface area (Å²) < 4.78 is 10.8. The minimum absolute atomic E-state index is 0.167. The number of hydrogen-bond acceptors (Lipinski definition) is 6. The predicted molar refractivity (Wildman–Crippen MR) is 116 cm³/mol. The van der Waals surface area contributed by atoms with E-state index in [-0.39, 0.29) is 24.3 Å². The first-order valence-electron chi connectivity index (χ1n) is 9.43. The van der Waals surface area contributed by atoms with E-state index in [1.807, 2.05) is 49.6 Å². The molecule has 150 valence electrons. The summed E-state index contributed by atoms with van der Waals surface area (Å²) >= 11 is 1.42. The summed E-state index contributed by atoms with van der Waals surface area (Å²) in [5, 5.41) is 5.04. The van der Waals surface area contributed by atoms with Crippen LogP contribution in [-0.4, -0.2) is 18.6 Å². The third kappa shape index (κ3) is 3.04. The molecule has 0 spiro atoms. The Kier molecular flexibility index (Phi) is 4.33. The normalized spacial score (nSPS) is 15.3. The number of nitrogens with zero attached hydrogens (tertiary/aromatic N) is 1. The zero-order valence-electron chi connectivity index (χ0n) is 16.4. The Morgan fingerprint density at radius 3 is 2.43 bits per heavy atom. The lowest BCUT2D eigenvalue weighted by atomic mass is 10.1. The zero-order chi connectivity index (χ0) is 20.8. The monoisotopic (exact) mass is 418 g/mol. The lowest BCUT2D eigenvalue weighted by Crippen LogP contribution is -2.32. The number of hydrogen-bond donors (Lipinski definition) is 1. The van der Waals surface area contributed by atoms with Crippen LogP contribution in [0.15, 0.2) is 59.6 Å². The fraction of sp³-hybridized carbons (Fsp3) is 0.130. The molecule has 1 aromatic heterocycles. The maximum Gasteiger partial charge on any atom is 0.282 e. The van der Waals surface area contributed by atoms with Crippen molar-refractivity contribution in [2.24, 2.45) is 0 Å². The number of anilines is 2. The van der Waals surface area contributed by atoms with Crippen LogP contribution in [0, 0.1) is 13.8 Å². The number of benzene rings is 2. The van der Waals surface area contributed by atoms with E-state index in [2.05, 4.69) is 5.32 Å². The molecule has 0 fully saturated rings. The maximum atomic E-state index is 13.4. The van der Waals surface area contributed by atoms with Crippen LogP contribution in [0.1, 0.15) is 16.0 Å². The highest BCUT2D eigenvalue weighted by Gasteiger charge is 2.41. The van der Waals surface area contributed by atoms with E-state index in [1.165, 1.54) is 16.2 Å². The predicted octanol–water partition coefficient (Wildman–Crippen LogP) is 4.49. The van der Waals surface area contributed by atoms with Gasteiger partial charge in [-0.25, -0.2) is 4.90 Å². The molecule has 2 aliphatic heterocycles. The van der Waals surface area contributed by atoms with Crippen LogP contribution in [0.4, 0.5) is 11.4 Å². The molecule has 0 atom stereocenters. The highest BCUT2D eigenvalue weighted by Crippen LogP contribution is 2.38. The molecule has 30 heavy (non-hydrogen) atoms. The Hall–Kier alpha value is -3.58. The number of ether oxygens (including phenoxy) is 2. The third-order valence-corrected chi connectivity index (χ3v) is 5.85. The van der Waals surface area contributed by atoms with Gasteiger partial charge in [-0.15, -0.1) is 11.3 Å². The quantitative estimate of drug-likeness (QED) is 0.633. The first-order valence-corrected chi connectivity index (χ1v) is 10.3. The van der Waals surface area contributed by atoms with E-state index in [0.29, 0.717) is 28.4 Å². The molecule has 1 N–H and O–H groups in total. The Morgan fingerprint density at radius 2 is 1.70 bits per heavy atom. The molecule has 0 saturated carbocycles. The lowest BCUT2D eigenvalue weighted by molar-refractivity contribution is -0.120. The Labute approximate surface area is 177 Å². The molecular formula is C23H18N2O4S. The molecule has 0 radical (unpaired) electrons. The van der Waals surface area contributed by atoms with Gasteiger partial charge in [0, 0.05) is 16.6 Å². The fourth-order valence-corrected chi connectivity index (χ4v) is 4.50. The van der Waals surface area contributed by atoms with Crippen LogP contribution in [0.2, 0.25) is 0 Å². The van der Waals surface area contributed by atoms with Gasteiger partial charge in [0.1, 0.15) is 5.70 Å². The molecule has 0 bridgehead atoms. The van der Waals surface area contributed by atoms with Crippen molar-refractivity contribution >= 4 is 40.1 Å². The van der Waals surface area contributed by atoms with E-state index < -0.39 is 0 Å². The van der Waals surface area contributed by atoms with Crippen LogP contribution >= 0.6 is 11.3 Å². The summed E-state index contributed by atoms with van der Waals surface area (Å²) in [6.45, 7) is 4.06. The summed E-state index contributed by atoms with van der Waals surface area (Å²) in [6, 6.07) is 14.7. The van der Waals surface area contributed by atoms with Gasteiger partial charge in [0.05, 0.1) is 11.3 Å². The number of carbonyl (C=O) groups is 2. The third-order valence-electron chi connectivity index (χ3n) is 4.96.